The minimum Gasteiger partial charge on any atom is -0.496 e. The zero-order valence-electron chi connectivity index (χ0n) is 14.0. The van der Waals surface area contributed by atoms with Crippen molar-refractivity contribution >= 4 is 28.2 Å². The van der Waals surface area contributed by atoms with Crippen LogP contribution in [0.5, 0.6) is 5.75 Å². The van der Waals surface area contributed by atoms with E-state index in [-0.39, 0.29) is 29.0 Å². The Morgan fingerprint density at radius 3 is 2.35 bits per heavy atom. The van der Waals surface area contributed by atoms with Crippen molar-refractivity contribution in [1.82, 2.24) is 10.2 Å². The summed E-state index contributed by atoms with van der Waals surface area (Å²) in [7, 11) is -1.92. The number of amides is 1. The highest BCUT2D eigenvalue weighted by molar-refractivity contribution is 7.90. The molecule has 0 atom stereocenters. The van der Waals surface area contributed by atoms with E-state index in [0.717, 1.165) is 25.9 Å². The third-order valence-electron chi connectivity index (χ3n) is 3.45. The van der Waals surface area contributed by atoms with Gasteiger partial charge in [0.2, 0.25) is 0 Å². The number of carbonyl (C=O) groups excluding carboxylic acids is 1. The molecule has 0 fully saturated rings. The van der Waals surface area contributed by atoms with Crippen molar-refractivity contribution in [2.45, 2.75) is 18.7 Å². The summed E-state index contributed by atoms with van der Waals surface area (Å²) in [6.07, 6.45) is 1.12. The van der Waals surface area contributed by atoms with Crippen LogP contribution in [0.2, 0.25) is 0 Å². The fourth-order valence-electron chi connectivity index (χ4n) is 2.05. The summed E-state index contributed by atoms with van der Waals surface area (Å²) < 4.78 is 28.2. The highest BCUT2D eigenvalue weighted by Crippen LogP contribution is 2.22. The molecule has 0 radical (unpaired) electrons. The highest BCUT2D eigenvalue weighted by atomic mass is 35.5. The SMILES string of the molecule is CCN(CC)CCNC(=O)c1ccc(S(C)(=O)=O)cc1OC.Cl. The predicted molar refractivity (Wildman–Crippen MR) is 93.5 cm³/mol. The molecule has 1 amide bonds. The maximum Gasteiger partial charge on any atom is 0.255 e. The first-order valence-electron chi connectivity index (χ1n) is 7.22. The lowest BCUT2D eigenvalue weighted by atomic mass is 10.2. The fraction of sp³-hybridized carbons (Fsp3) is 0.533. The predicted octanol–water partition coefficient (Wildman–Crippen LogP) is 1.59. The summed E-state index contributed by atoms with van der Waals surface area (Å²) in [5, 5.41) is 2.82. The Morgan fingerprint density at radius 1 is 1.26 bits per heavy atom. The maximum atomic E-state index is 12.2. The number of nitrogens with one attached hydrogen (secondary N) is 1. The number of hydrogen-bond donors (Lipinski definition) is 1. The Labute approximate surface area is 144 Å². The van der Waals surface area contributed by atoms with Gasteiger partial charge in [0.05, 0.1) is 17.6 Å². The van der Waals surface area contributed by atoms with Crippen molar-refractivity contribution in [3.05, 3.63) is 23.8 Å². The van der Waals surface area contributed by atoms with E-state index in [2.05, 4.69) is 24.1 Å². The maximum absolute atomic E-state index is 12.2. The van der Waals surface area contributed by atoms with Crippen LogP contribution in [0.25, 0.3) is 0 Å². The van der Waals surface area contributed by atoms with Crippen molar-refractivity contribution in [1.29, 1.82) is 0 Å². The van der Waals surface area contributed by atoms with Gasteiger partial charge in [-0.05, 0) is 31.3 Å². The largest absolute Gasteiger partial charge is 0.496 e. The molecule has 8 heteroatoms. The van der Waals surface area contributed by atoms with E-state index in [4.69, 9.17) is 4.74 Å². The molecule has 0 aliphatic rings. The summed E-state index contributed by atoms with van der Waals surface area (Å²) in [6, 6.07) is 4.26. The first-order valence-corrected chi connectivity index (χ1v) is 9.11. The van der Waals surface area contributed by atoms with E-state index >= 15 is 0 Å². The topological polar surface area (TPSA) is 75.7 Å². The van der Waals surface area contributed by atoms with Gasteiger partial charge in [0.15, 0.2) is 9.84 Å². The standard InChI is InChI=1S/C15H24N2O4S.ClH/c1-5-17(6-2)10-9-16-15(18)13-8-7-12(22(4,19)20)11-14(13)21-3;/h7-8,11H,5-6,9-10H2,1-4H3,(H,16,18);1H. The summed E-state index contributed by atoms with van der Waals surface area (Å²) >= 11 is 0. The molecule has 0 heterocycles. The van der Waals surface area contributed by atoms with Gasteiger partial charge in [-0.3, -0.25) is 4.79 Å². The molecule has 1 aromatic carbocycles. The van der Waals surface area contributed by atoms with E-state index in [0.29, 0.717) is 12.1 Å². The lowest BCUT2D eigenvalue weighted by Gasteiger charge is -2.18. The number of rotatable bonds is 8. The Kier molecular flexibility index (Phi) is 9.19. The first kappa shape index (κ1) is 21.7. The zero-order valence-corrected chi connectivity index (χ0v) is 15.6. The van der Waals surface area contributed by atoms with Crippen LogP contribution in [0.3, 0.4) is 0 Å². The van der Waals surface area contributed by atoms with Gasteiger partial charge >= 0.3 is 0 Å². The summed E-state index contributed by atoms with van der Waals surface area (Å²) in [4.78, 5) is 14.5. The molecule has 0 bridgehead atoms. The highest BCUT2D eigenvalue weighted by Gasteiger charge is 2.16. The molecule has 6 nitrogen and oxygen atoms in total. The average molecular weight is 365 g/mol. The van der Waals surface area contributed by atoms with Gasteiger partial charge in [0.25, 0.3) is 5.91 Å². The second-order valence-electron chi connectivity index (χ2n) is 4.92. The number of likely N-dealkylation sites (N-methyl/N-ethyl adjacent to an activating group) is 1. The molecule has 23 heavy (non-hydrogen) atoms. The van der Waals surface area contributed by atoms with E-state index < -0.39 is 9.84 Å². The van der Waals surface area contributed by atoms with Gasteiger partial charge < -0.3 is 15.0 Å². The number of nitrogens with zero attached hydrogens (tertiary/aromatic N) is 1. The second kappa shape index (κ2) is 9.75. The molecular formula is C15H25ClN2O4S. The van der Waals surface area contributed by atoms with E-state index in [1.54, 1.807) is 0 Å². The monoisotopic (exact) mass is 364 g/mol. The zero-order chi connectivity index (χ0) is 16.8. The van der Waals surface area contributed by atoms with Crippen LogP contribution in [0.4, 0.5) is 0 Å². The smallest absolute Gasteiger partial charge is 0.255 e. The molecule has 0 aliphatic heterocycles. The Bertz CT molecular complexity index is 616. The average Bonchev–Trinajstić information content (AvgIpc) is 2.49. The van der Waals surface area contributed by atoms with Gasteiger partial charge in [-0.2, -0.15) is 0 Å². The summed E-state index contributed by atoms with van der Waals surface area (Å²) in [6.45, 7) is 7.29. The molecule has 0 saturated heterocycles. The lowest BCUT2D eigenvalue weighted by Crippen LogP contribution is -2.34. The molecular weight excluding hydrogens is 340 g/mol. The van der Waals surface area contributed by atoms with Crippen LogP contribution in [0.1, 0.15) is 24.2 Å². The van der Waals surface area contributed by atoms with Gasteiger partial charge in [-0.1, -0.05) is 13.8 Å². The number of sulfone groups is 1. The number of carbonyl (C=O) groups is 1. The number of ether oxygens (including phenoxy) is 1. The van der Waals surface area contributed by atoms with Gasteiger partial charge in [0.1, 0.15) is 5.75 Å². The fourth-order valence-corrected chi connectivity index (χ4v) is 2.69. The lowest BCUT2D eigenvalue weighted by molar-refractivity contribution is 0.0945. The molecule has 1 aromatic rings. The van der Waals surface area contributed by atoms with Crippen LogP contribution in [0, 0.1) is 0 Å². The molecule has 132 valence electrons. The van der Waals surface area contributed by atoms with Crippen molar-refractivity contribution < 1.29 is 17.9 Å². The number of benzene rings is 1. The van der Waals surface area contributed by atoms with E-state index in [9.17, 15) is 13.2 Å². The minimum atomic E-state index is -3.33. The number of halogens is 1. The van der Waals surface area contributed by atoms with Gasteiger partial charge in [-0.15, -0.1) is 12.4 Å². The Morgan fingerprint density at radius 2 is 1.87 bits per heavy atom. The van der Waals surface area contributed by atoms with Crippen LogP contribution in [0.15, 0.2) is 23.1 Å². The molecule has 0 spiro atoms. The van der Waals surface area contributed by atoms with Crippen LogP contribution in [-0.2, 0) is 9.84 Å². The molecule has 0 aliphatic carbocycles. The molecule has 0 saturated carbocycles. The number of methoxy groups -OCH3 is 1. The molecule has 0 unspecified atom stereocenters. The van der Waals surface area contributed by atoms with Crippen molar-refractivity contribution in [2.24, 2.45) is 0 Å². The van der Waals surface area contributed by atoms with Crippen LogP contribution in [-0.4, -0.2) is 58.8 Å². The van der Waals surface area contributed by atoms with Gasteiger partial charge in [-0.25, -0.2) is 8.42 Å². The Balaban J connectivity index is 0.00000484. The van der Waals surface area contributed by atoms with Crippen molar-refractivity contribution in [3.63, 3.8) is 0 Å². The molecule has 0 aromatic heterocycles. The van der Waals surface area contributed by atoms with Crippen LogP contribution >= 0.6 is 12.4 Å². The third kappa shape index (κ3) is 6.37. The normalized spacial score (nSPS) is 11.0. The second-order valence-corrected chi connectivity index (χ2v) is 6.93. The Hall–Kier alpha value is -1.31. The van der Waals surface area contributed by atoms with Gasteiger partial charge in [0, 0.05) is 19.3 Å². The summed E-state index contributed by atoms with van der Waals surface area (Å²) in [5.74, 6) is -0.0210. The molecule has 1 rings (SSSR count). The van der Waals surface area contributed by atoms with E-state index in [1.165, 1.54) is 25.3 Å². The minimum absolute atomic E-state index is 0. The van der Waals surface area contributed by atoms with Crippen molar-refractivity contribution in [2.75, 3.05) is 39.5 Å². The quantitative estimate of drug-likeness (QED) is 0.758. The van der Waals surface area contributed by atoms with E-state index in [1.807, 2.05) is 0 Å². The van der Waals surface area contributed by atoms with Crippen LogP contribution < -0.4 is 10.1 Å². The third-order valence-corrected chi connectivity index (χ3v) is 4.56. The first-order chi connectivity index (χ1) is 10.3. The number of hydrogen-bond acceptors (Lipinski definition) is 5. The van der Waals surface area contributed by atoms with Crippen molar-refractivity contribution in [3.8, 4) is 5.75 Å². The summed E-state index contributed by atoms with van der Waals surface area (Å²) in [5.41, 5.74) is 0.328. The molecule has 1 N–H and O–H groups in total.